The van der Waals surface area contributed by atoms with Crippen LogP contribution in [0, 0.1) is 6.92 Å². The average Bonchev–Trinajstić information content (AvgIpc) is 2.96. The molecule has 0 atom stereocenters. The number of aryl methyl sites for hydroxylation is 1. The molecule has 2 aromatic rings. The highest BCUT2D eigenvalue weighted by molar-refractivity contribution is 9.10. The molecule has 1 aromatic heterocycles. The molecule has 1 aromatic carbocycles. The fraction of sp³-hybridized carbons (Fsp3) is 0.357. The fourth-order valence-electron chi connectivity index (χ4n) is 2.25. The summed E-state index contributed by atoms with van der Waals surface area (Å²) in [5.74, 6) is 1.11. The van der Waals surface area contributed by atoms with Crippen LogP contribution in [0.15, 0.2) is 22.7 Å². The minimum absolute atomic E-state index is 0.209. The van der Waals surface area contributed by atoms with Gasteiger partial charge in [-0.15, -0.1) is 0 Å². The van der Waals surface area contributed by atoms with Crippen molar-refractivity contribution in [1.29, 1.82) is 0 Å². The monoisotopic (exact) mass is 367 g/mol. The molecule has 1 fully saturated rings. The van der Waals surface area contributed by atoms with E-state index in [1.807, 2.05) is 25.1 Å². The fourth-order valence-corrected chi connectivity index (χ4v) is 2.79. The van der Waals surface area contributed by atoms with Gasteiger partial charge in [0.15, 0.2) is 0 Å². The van der Waals surface area contributed by atoms with Gasteiger partial charge in [-0.3, -0.25) is 0 Å². The van der Waals surface area contributed by atoms with Gasteiger partial charge in [-0.05, 0) is 49.1 Å². The smallest absolute Gasteiger partial charge is 0.233 e. The molecule has 0 aliphatic carbocycles. The standard InChI is InChI=1S/C14H15BrClN5/c1-9-4-5-10(8-11(9)15)17-13-18-12(16)19-14(20-13)21-6-2-3-7-21/h4-5,8H,2-3,6-7H2,1H3,(H,17,18,19,20). The topological polar surface area (TPSA) is 53.9 Å². The highest BCUT2D eigenvalue weighted by atomic mass is 79.9. The van der Waals surface area contributed by atoms with Gasteiger partial charge in [0.25, 0.3) is 0 Å². The quantitative estimate of drug-likeness (QED) is 0.889. The lowest BCUT2D eigenvalue weighted by atomic mass is 10.2. The van der Waals surface area contributed by atoms with Gasteiger partial charge in [-0.25, -0.2) is 0 Å². The molecule has 0 unspecified atom stereocenters. The minimum Gasteiger partial charge on any atom is -0.341 e. The van der Waals surface area contributed by atoms with Crippen molar-refractivity contribution in [2.45, 2.75) is 19.8 Å². The molecular weight excluding hydrogens is 354 g/mol. The van der Waals surface area contributed by atoms with E-state index >= 15 is 0 Å². The van der Waals surface area contributed by atoms with Gasteiger partial charge < -0.3 is 10.2 Å². The molecule has 0 bridgehead atoms. The third-order valence-electron chi connectivity index (χ3n) is 3.41. The second-order valence-corrected chi connectivity index (χ2v) is 6.20. The van der Waals surface area contributed by atoms with E-state index in [9.17, 15) is 0 Å². The van der Waals surface area contributed by atoms with E-state index in [0.717, 1.165) is 36.1 Å². The number of hydrogen-bond donors (Lipinski definition) is 1. The van der Waals surface area contributed by atoms with Crippen LogP contribution in [0.2, 0.25) is 5.28 Å². The second kappa shape index (κ2) is 6.15. The highest BCUT2D eigenvalue weighted by Gasteiger charge is 2.17. The predicted molar refractivity (Wildman–Crippen MR) is 88.4 cm³/mol. The molecule has 3 rings (SSSR count). The summed E-state index contributed by atoms with van der Waals surface area (Å²) in [6.07, 6.45) is 2.33. The third kappa shape index (κ3) is 3.44. The maximum absolute atomic E-state index is 6.01. The van der Waals surface area contributed by atoms with Crippen molar-refractivity contribution in [3.05, 3.63) is 33.5 Å². The Labute approximate surface area is 136 Å². The van der Waals surface area contributed by atoms with Gasteiger partial charge in [0.2, 0.25) is 17.2 Å². The summed E-state index contributed by atoms with van der Waals surface area (Å²) in [5.41, 5.74) is 2.08. The molecule has 7 heteroatoms. The van der Waals surface area contributed by atoms with E-state index in [1.165, 1.54) is 5.56 Å². The summed E-state index contributed by atoms with van der Waals surface area (Å²) >= 11 is 9.53. The van der Waals surface area contributed by atoms with Gasteiger partial charge in [-0.2, -0.15) is 15.0 Å². The molecule has 1 N–H and O–H groups in total. The molecule has 1 aliphatic heterocycles. The lowest BCUT2D eigenvalue weighted by Crippen LogP contribution is -2.21. The Bertz CT molecular complexity index is 658. The lowest BCUT2D eigenvalue weighted by Gasteiger charge is -2.16. The van der Waals surface area contributed by atoms with Crippen LogP contribution < -0.4 is 10.2 Å². The molecule has 1 aliphatic rings. The van der Waals surface area contributed by atoms with Gasteiger partial charge in [0, 0.05) is 23.2 Å². The summed E-state index contributed by atoms with van der Waals surface area (Å²) in [4.78, 5) is 14.9. The Kier molecular flexibility index (Phi) is 4.26. The first kappa shape index (κ1) is 14.5. The van der Waals surface area contributed by atoms with Crippen LogP contribution in [0.5, 0.6) is 0 Å². The molecule has 0 amide bonds. The Hall–Kier alpha value is -1.40. The zero-order chi connectivity index (χ0) is 14.8. The Morgan fingerprint density at radius 2 is 1.95 bits per heavy atom. The number of benzene rings is 1. The van der Waals surface area contributed by atoms with E-state index in [1.54, 1.807) is 0 Å². The first-order chi connectivity index (χ1) is 10.1. The zero-order valence-electron chi connectivity index (χ0n) is 11.6. The van der Waals surface area contributed by atoms with Crippen LogP contribution in [0.1, 0.15) is 18.4 Å². The minimum atomic E-state index is 0.209. The SMILES string of the molecule is Cc1ccc(Nc2nc(Cl)nc(N3CCCC3)n2)cc1Br. The number of rotatable bonds is 3. The highest BCUT2D eigenvalue weighted by Crippen LogP contribution is 2.24. The molecule has 2 heterocycles. The average molecular weight is 369 g/mol. The summed E-state index contributed by atoms with van der Waals surface area (Å²) in [6, 6.07) is 5.99. The van der Waals surface area contributed by atoms with Crippen molar-refractivity contribution in [2.24, 2.45) is 0 Å². The summed E-state index contributed by atoms with van der Waals surface area (Å²) in [6.45, 7) is 3.98. The van der Waals surface area contributed by atoms with Crippen LogP contribution in [0.25, 0.3) is 0 Å². The van der Waals surface area contributed by atoms with Crippen LogP contribution >= 0.6 is 27.5 Å². The van der Waals surface area contributed by atoms with Crippen molar-refractivity contribution < 1.29 is 0 Å². The van der Waals surface area contributed by atoms with Crippen LogP contribution in [-0.4, -0.2) is 28.0 Å². The summed E-state index contributed by atoms with van der Waals surface area (Å²) in [7, 11) is 0. The zero-order valence-corrected chi connectivity index (χ0v) is 13.9. The summed E-state index contributed by atoms with van der Waals surface area (Å²) in [5, 5.41) is 3.38. The first-order valence-electron chi connectivity index (χ1n) is 6.81. The van der Waals surface area contributed by atoms with Gasteiger partial charge in [0.05, 0.1) is 0 Å². The number of nitrogens with zero attached hydrogens (tertiary/aromatic N) is 4. The molecule has 0 saturated carbocycles. The molecule has 110 valence electrons. The van der Waals surface area contributed by atoms with Gasteiger partial charge in [-0.1, -0.05) is 22.0 Å². The largest absolute Gasteiger partial charge is 0.341 e. The van der Waals surface area contributed by atoms with Crippen LogP contribution in [0.4, 0.5) is 17.6 Å². The van der Waals surface area contributed by atoms with Gasteiger partial charge >= 0.3 is 0 Å². The Balaban J connectivity index is 1.85. The number of halogens is 2. The number of anilines is 3. The number of aromatic nitrogens is 3. The third-order valence-corrected chi connectivity index (χ3v) is 4.44. The van der Waals surface area contributed by atoms with Crippen molar-refractivity contribution in [1.82, 2.24) is 15.0 Å². The molecule has 0 spiro atoms. The predicted octanol–water partition coefficient (Wildman–Crippen LogP) is 3.94. The molecule has 1 saturated heterocycles. The second-order valence-electron chi connectivity index (χ2n) is 5.01. The van der Waals surface area contributed by atoms with Crippen molar-refractivity contribution in [3.8, 4) is 0 Å². The maximum atomic E-state index is 6.01. The van der Waals surface area contributed by atoms with E-state index in [4.69, 9.17) is 11.6 Å². The molecule has 5 nitrogen and oxygen atoms in total. The number of hydrogen-bond acceptors (Lipinski definition) is 5. The van der Waals surface area contributed by atoms with E-state index in [0.29, 0.717) is 11.9 Å². The first-order valence-corrected chi connectivity index (χ1v) is 7.98. The molecular formula is C14H15BrClN5. The number of nitrogens with one attached hydrogen (secondary N) is 1. The van der Waals surface area contributed by atoms with Crippen LogP contribution in [-0.2, 0) is 0 Å². The van der Waals surface area contributed by atoms with Crippen molar-refractivity contribution >= 4 is 45.1 Å². The van der Waals surface area contributed by atoms with Crippen LogP contribution in [0.3, 0.4) is 0 Å². The molecule has 21 heavy (non-hydrogen) atoms. The van der Waals surface area contributed by atoms with E-state index in [-0.39, 0.29) is 5.28 Å². The van der Waals surface area contributed by atoms with E-state index in [2.05, 4.69) is 41.1 Å². The van der Waals surface area contributed by atoms with E-state index < -0.39 is 0 Å². The van der Waals surface area contributed by atoms with Crippen molar-refractivity contribution in [3.63, 3.8) is 0 Å². The lowest BCUT2D eigenvalue weighted by molar-refractivity contribution is 0.883. The Morgan fingerprint density at radius 1 is 1.19 bits per heavy atom. The maximum Gasteiger partial charge on any atom is 0.233 e. The Morgan fingerprint density at radius 3 is 2.67 bits per heavy atom. The van der Waals surface area contributed by atoms with Crippen molar-refractivity contribution in [2.75, 3.05) is 23.3 Å². The normalized spacial score (nSPS) is 14.5. The summed E-state index contributed by atoms with van der Waals surface area (Å²) < 4.78 is 1.03. The molecule has 0 radical (unpaired) electrons. The van der Waals surface area contributed by atoms with Gasteiger partial charge in [0.1, 0.15) is 0 Å².